The molecule has 0 bridgehead atoms. The van der Waals surface area contributed by atoms with Crippen molar-refractivity contribution in [3.63, 3.8) is 0 Å². The fourth-order valence-electron chi connectivity index (χ4n) is 3.32. The molecule has 8 heteroatoms. The number of nitrogens with two attached hydrogens (primary N) is 1. The van der Waals surface area contributed by atoms with Gasteiger partial charge in [-0.15, -0.1) is 0 Å². The molecule has 1 amide bonds. The number of carbonyl (C=O) groups is 1. The third kappa shape index (κ3) is 5.49. The number of hydrogen-bond acceptors (Lipinski definition) is 5. The van der Waals surface area contributed by atoms with Gasteiger partial charge in [0.15, 0.2) is 5.69 Å². The summed E-state index contributed by atoms with van der Waals surface area (Å²) >= 11 is 0. The highest BCUT2D eigenvalue weighted by molar-refractivity contribution is 5.95. The van der Waals surface area contributed by atoms with E-state index in [-0.39, 0.29) is 36.9 Å². The summed E-state index contributed by atoms with van der Waals surface area (Å²) in [6.07, 6.45) is 0.680. The number of methoxy groups -OCH3 is 1. The zero-order valence-corrected chi connectivity index (χ0v) is 17.4. The highest BCUT2D eigenvalue weighted by Crippen LogP contribution is 2.21. The first-order valence-electron chi connectivity index (χ1n) is 10.0. The molecule has 3 rings (SSSR count). The second kappa shape index (κ2) is 10.4. The van der Waals surface area contributed by atoms with Crippen molar-refractivity contribution in [1.29, 1.82) is 0 Å². The van der Waals surface area contributed by atoms with Crippen molar-refractivity contribution in [3.8, 4) is 0 Å². The van der Waals surface area contributed by atoms with E-state index >= 15 is 0 Å². The van der Waals surface area contributed by atoms with E-state index in [1.807, 2.05) is 60.7 Å². The lowest BCUT2D eigenvalue weighted by molar-refractivity contribution is -0.119. The number of benzene rings is 2. The van der Waals surface area contributed by atoms with Crippen molar-refractivity contribution in [2.45, 2.75) is 25.9 Å². The zero-order valence-electron chi connectivity index (χ0n) is 17.4. The Kier molecular flexibility index (Phi) is 7.40. The van der Waals surface area contributed by atoms with Gasteiger partial charge in [0.25, 0.3) is 5.56 Å². The number of carbonyl (C=O) groups excluding carboxylic acids is 1. The van der Waals surface area contributed by atoms with E-state index < -0.39 is 11.2 Å². The van der Waals surface area contributed by atoms with Crippen molar-refractivity contribution >= 4 is 17.4 Å². The second-order valence-corrected chi connectivity index (χ2v) is 7.13. The number of aromatic amines is 1. The number of rotatable bonds is 9. The fraction of sp³-hybridized carbons (Fsp3) is 0.261. The molecule has 2 aromatic carbocycles. The molecule has 0 unspecified atom stereocenters. The summed E-state index contributed by atoms with van der Waals surface area (Å²) in [5, 5.41) is 0. The molecule has 162 valence electrons. The van der Waals surface area contributed by atoms with Gasteiger partial charge in [-0.05, 0) is 17.5 Å². The van der Waals surface area contributed by atoms with Crippen LogP contribution in [0.15, 0.2) is 70.3 Å². The first kappa shape index (κ1) is 22.0. The number of nitrogens with zero attached hydrogens (tertiary/aromatic N) is 2. The minimum Gasteiger partial charge on any atom is -0.385 e. The summed E-state index contributed by atoms with van der Waals surface area (Å²) in [7, 11) is 1.56. The Morgan fingerprint density at radius 1 is 1.03 bits per heavy atom. The van der Waals surface area contributed by atoms with Crippen LogP contribution in [0.3, 0.4) is 0 Å². The molecule has 1 heterocycles. The van der Waals surface area contributed by atoms with Gasteiger partial charge in [-0.2, -0.15) is 0 Å². The number of nitrogen functional groups attached to an aromatic ring is 1. The van der Waals surface area contributed by atoms with E-state index in [1.165, 1.54) is 9.47 Å². The Morgan fingerprint density at radius 2 is 1.65 bits per heavy atom. The lowest BCUT2D eigenvalue weighted by Gasteiger charge is -2.25. The summed E-state index contributed by atoms with van der Waals surface area (Å²) in [6, 6.07) is 18.6. The maximum absolute atomic E-state index is 13.1. The average Bonchev–Trinajstić information content (AvgIpc) is 2.77. The van der Waals surface area contributed by atoms with E-state index in [0.717, 1.165) is 11.1 Å². The Hall–Kier alpha value is -3.65. The van der Waals surface area contributed by atoms with Gasteiger partial charge in [-0.1, -0.05) is 60.7 Å². The molecule has 3 N–H and O–H groups in total. The normalized spacial score (nSPS) is 10.7. The van der Waals surface area contributed by atoms with Crippen molar-refractivity contribution in [2.24, 2.45) is 0 Å². The van der Waals surface area contributed by atoms with E-state index in [1.54, 1.807) is 7.11 Å². The molecule has 1 aromatic heterocycles. The Labute approximate surface area is 179 Å². The van der Waals surface area contributed by atoms with Crippen LogP contribution in [0.4, 0.5) is 11.5 Å². The molecule has 0 saturated heterocycles. The lowest BCUT2D eigenvalue weighted by Crippen LogP contribution is -2.41. The largest absolute Gasteiger partial charge is 0.385 e. The van der Waals surface area contributed by atoms with Gasteiger partial charge in [-0.3, -0.25) is 19.1 Å². The molecule has 0 saturated carbocycles. The molecule has 31 heavy (non-hydrogen) atoms. The molecule has 8 nitrogen and oxygen atoms in total. The highest BCUT2D eigenvalue weighted by atomic mass is 16.5. The average molecular weight is 422 g/mol. The van der Waals surface area contributed by atoms with E-state index in [0.29, 0.717) is 13.0 Å². The van der Waals surface area contributed by atoms with Crippen LogP contribution in [0.25, 0.3) is 0 Å². The van der Waals surface area contributed by atoms with Crippen LogP contribution in [0.5, 0.6) is 0 Å². The highest BCUT2D eigenvalue weighted by Gasteiger charge is 2.24. The van der Waals surface area contributed by atoms with E-state index in [9.17, 15) is 14.4 Å². The third-order valence-corrected chi connectivity index (χ3v) is 4.89. The van der Waals surface area contributed by atoms with Crippen LogP contribution in [-0.4, -0.2) is 29.2 Å². The summed E-state index contributed by atoms with van der Waals surface area (Å²) in [6.45, 7) is 0.750. The summed E-state index contributed by atoms with van der Waals surface area (Å²) in [5.74, 6) is -0.323. The first-order valence-corrected chi connectivity index (χ1v) is 10.0. The summed E-state index contributed by atoms with van der Waals surface area (Å²) < 4.78 is 6.31. The molecule has 0 fully saturated rings. The Balaban J connectivity index is 2.04. The number of hydrogen-bond donors (Lipinski definition) is 2. The Morgan fingerprint density at radius 3 is 2.26 bits per heavy atom. The quantitative estimate of drug-likeness (QED) is 0.513. The molecule has 0 aliphatic heterocycles. The Bertz CT molecular complexity index is 1120. The number of aromatic nitrogens is 2. The van der Waals surface area contributed by atoms with Crippen molar-refractivity contribution in [2.75, 3.05) is 24.4 Å². The van der Waals surface area contributed by atoms with Crippen molar-refractivity contribution in [3.05, 3.63) is 92.6 Å². The molecule has 0 radical (unpaired) electrons. The van der Waals surface area contributed by atoms with Gasteiger partial charge in [0.1, 0.15) is 5.82 Å². The number of ether oxygens (including phenoxy) is 1. The smallest absolute Gasteiger partial charge is 0.330 e. The number of H-pyrrole nitrogens is 1. The van der Waals surface area contributed by atoms with Crippen molar-refractivity contribution < 1.29 is 9.53 Å². The standard InChI is InChI=1S/C23H26N4O4/c1-31-14-8-13-19(28)26(15-17-9-4-2-5-10-17)20-21(24)27(23(30)25-22(20)29)16-18-11-6-3-7-12-18/h2-7,9-12H,8,13-16,24H2,1H3,(H,25,29,30). The predicted octanol–water partition coefficient (Wildman–Crippen LogP) is 2.13. The number of nitrogens with one attached hydrogen (secondary N) is 1. The van der Waals surface area contributed by atoms with Crippen LogP contribution in [0, 0.1) is 0 Å². The second-order valence-electron chi connectivity index (χ2n) is 7.13. The van der Waals surface area contributed by atoms with Gasteiger partial charge in [0.05, 0.1) is 13.1 Å². The van der Waals surface area contributed by atoms with Gasteiger partial charge in [0, 0.05) is 20.1 Å². The minimum atomic E-state index is -0.692. The molecule has 0 aliphatic rings. The maximum Gasteiger partial charge on any atom is 0.330 e. The van der Waals surface area contributed by atoms with E-state index in [2.05, 4.69) is 4.98 Å². The maximum atomic E-state index is 13.1. The van der Waals surface area contributed by atoms with Crippen LogP contribution in [0.1, 0.15) is 24.0 Å². The molecule has 0 spiro atoms. The van der Waals surface area contributed by atoms with Gasteiger partial charge >= 0.3 is 5.69 Å². The molecule has 0 atom stereocenters. The zero-order chi connectivity index (χ0) is 22.2. The van der Waals surface area contributed by atoms with E-state index in [4.69, 9.17) is 10.5 Å². The fourth-order valence-corrected chi connectivity index (χ4v) is 3.32. The van der Waals surface area contributed by atoms with Crippen molar-refractivity contribution in [1.82, 2.24) is 9.55 Å². The van der Waals surface area contributed by atoms with Crippen LogP contribution < -0.4 is 21.9 Å². The number of anilines is 2. The van der Waals surface area contributed by atoms with Crippen LogP contribution in [0.2, 0.25) is 0 Å². The molecule has 3 aromatic rings. The van der Waals surface area contributed by atoms with Gasteiger partial charge in [0.2, 0.25) is 5.91 Å². The summed E-state index contributed by atoms with van der Waals surface area (Å²) in [4.78, 5) is 42.0. The monoisotopic (exact) mass is 422 g/mol. The van der Waals surface area contributed by atoms with Gasteiger partial charge < -0.3 is 15.4 Å². The minimum absolute atomic E-state index is 0.0261. The van der Waals surface area contributed by atoms with Crippen LogP contribution in [-0.2, 0) is 22.6 Å². The SMILES string of the molecule is COCCCC(=O)N(Cc1ccccc1)c1c(N)n(Cc2ccccc2)c(=O)[nH]c1=O. The third-order valence-electron chi connectivity index (χ3n) is 4.89. The summed E-state index contributed by atoms with van der Waals surface area (Å²) in [5.41, 5.74) is 6.64. The molecular formula is C23H26N4O4. The molecule has 0 aliphatic carbocycles. The van der Waals surface area contributed by atoms with Crippen LogP contribution >= 0.6 is 0 Å². The van der Waals surface area contributed by atoms with Gasteiger partial charge in [-0.25, -0.2) is 4.79 Å². The first-order chi connectivity index (χ1) is 15.0. The molecular weight excluding hydrogens is 396 g/mol. The predicted molar refractivity (Wildman–Crippen MR) is 120 cm³/mol. The lowest BCUT2D eigenvalue weighted by atomic mass is 10.1. The topological polar surface area (TPSA) is 110 Å². The number of amides is 1.